The predicted octanol–water partition coefficient (Wildman–Crippen LogP) is 7.09. The molecule has 0 saturated heterocycles. The first-order chi connectivity index (χ1) is 19.2. The van der Waals surface area contributed by atoms with Crippen LogP contribution in [0.25, 0.3) is 0 Å². The second-order valence-electron chi connectivity index (χ2n) is 13.1. The van der Waals surface area contributed by atoms with E-state index < -0.39 is 23.8 Å². The van der Waals surface area contributed by atoms with Gasteiger partial charge in [-0.25, -0.2) is 4.79 Å². The lowest BCUT2D eigenvalue weighted by Gasteiger charge is -2.40. The molecule has 1 aromatic rings. The molecule has 0 heterocycles. The molecule has 3 amide bonds. The van der Waals surface area contributed by atoms with Crippen LogP contribution in [0.2, 0.25) is 0 Å². The van der Waals surface area contributed by atoms with Crippen LogP contribution < -0.4 is 10.6 Å². The van der Waals surface area contributed by atoms with E-state index >= 15 is 0 Å². The molecule has 1 aromatic carbocycles. The number of carbonyl (C=O) groups excluding carboxylic acids is 3. The number of rotatable bonds is 13. The van der Waals surface area contributed by atoms with Gasteiger partial charge in [-0.2, -0.15) is 11.8 Å². The molecule has 2 rings (SSSR count). The normalized spacial score (nSPS) is 16.5. The molecule has 3 unspecified atom stereocenters. The van der Waals surface area contributed by atoms with E-state index in [2.05, 4.69) is 24.5 Å². The maximum Gasteiger partial charge on any atom is 0.408 e. The molecule has 1 aliphatic rings. The van der Waals surface area contributed by atoms with E-state index in [0.29, 0.717) is 18.1 Å². The minimum Gasteiger partial charge on any atom is -0.444 e. The summed E-state index contributed by atoms with van der Waals surface area (Å²) >= 11 is 1.62. The van der Waals surface area contributed by atoms with E-state index in [1.807, 2.05) is 45.2 Å². The number of aryl methyl sites for hydroxylation is 1. The highest BCUT2D eigenvalue weighted by molar-refractivity contribution is 7.98. The number of amides is 3. The summed E-state index contributed by atoms with van der Waals surface area (Å²) in [7, 11) is 0. The standard InChI is InChI=1S/C33H55N3O4S/c1-22(2)18-19-24(4)36(31(38)28(20-21-41-9)35-32(39)40-33(6,7)8)29(27-17-13-14-23(3)25(27)5)30(37)34-26-15-11-10-12-16-26/h13-14,17,22,24,26,28-29H,10-12,15-16,18-21H2,1-9H3,(H,34,37)(H,35,39). The van der Waals surface area contributed by atoms with Crippen LogP contribution in [0.1, 0.15) is 116 Å². The highest BCUT2D eigenvalue weighted by Crippen LogP contribution is 2.32. The van der Waals surface area contributed by atoms with Crippen molar-refractivity contribution in [1.29, 1.82) is 0 Å². The lowest BCUT2D eigenvalue weighted by molar-refractivity contribution is -0.145. The predicted molar refractivity (Wildman–Crippen MR) is 170 cm³/mol. The number of benzene rings is 1. The van der Waals surface area contributed by atoms with Gasteiger partial charge in [0.2, 0.25) is 11.8 Å². The van der Waals surface area contributed by atoms with E-state index in [1.54, 1.807) is 37.4 Å². The number of ether oxygens (including phenoxy) is 1. The average Bonchev–Trinajstić information content (AvgIpc) is 2.89. The van der Waals surface area contributed by atoms with Crippen LogP contribution in [0, 0.1) is 19.8 Å². The number of nitrogens with one attached hydrogen (secondary N) is 2. The molecule has 232 valence electrons. The van der Waals surface area contributed by atoms with Gasteiger partial charge in [0.05, 0.1) is 0 Å². The Bertz CT molecular complexity index is 1000. The molecule has 8 heteroatoms. The van der Waals surface area contributed by atoms with E-state index in [9.17, 15) is 14.4 Å². The van der Waals surface area contributed by atoms with E-state index in [0.717, 1.165) is 55.2 Å². The van der Waals surface area contributed by atoms with Crippen LogP contribution in [0.15, 0.2) is 18.2 Å². The Labute approximate surface area is 253 Å². The minimum atomic E-state index is -0.811. The molecule has 1 saturated carbocycles. The van der Waals surface area contributed by atoms with Crippen LogP contribution in [0.4, 0.5) is 4.79 Å². The fraction of sp³-hybridized carbons (Fsp3) is 0.727. The molecule has 0 aliphatic heterocycles. The lowest BCUT2D eigenvalue weighted by atomic mass is 9.91. The van der Waals surface area contributed by atoms with Crippen LogP contribution in [-0.4, -0.2) is 58.5 Å². The number of nitrogens with zero attached hydrogens (tertiary/aromatic N) is 1. The number of carbonyl (C=O) groups is 3. The fourth-order valence-electron chi connectivity index (χ4n) is 5.45. The van der Waals surface area contributed by atoms with Crippen LogP contribution in [-0.2, 0) is 14.3 Å². The van der Waals surface area contributed by atoms with Gasteiger partial charge in [-0.1, -0.05) is 51.3 Å². The van der Waals surface area contributed by atoms with E-state index in [-0.39, 0.29) is 23.9 Å². The molecule has 2 N–H and O–H groups in total. The van der Waals surface area contributed by atoms with Crippen molar-refractivity contribution in [3.63, 3.8) is 0 Å². The molecule has 1 aliphatic carbocycles. The quantitative estimate of drug-likeness (QED) is 0.256. The zero-order valence-electron chi connectivity index (χ0n) is 27.0. The van der Waals surface area contributed by atoms with E-state index in [1.165, 1.54) is 6.42 Å². The molecule has 1 fully saturated rings. The minimum absolute atomic E-state index is 0.110. The van der Waals surface area contributed by atoms with Crippen LogP contribution >= 0.6 is 11.8 Å². The third-order valence-corrected chi connectivity index (χ3v) is 8.55. The van der Waals surface area contributed by atoms with Gasteiger partial charge in [0, 0.05) is 12.1 Å². The van der Waals surface area contributed by atoms with Gasteiger partial charge in [-0.15, -0.1) is 0 Å². The van der Waals surface area contributed by atoms with Crippen molar-refractivity contribution < 1.29 is 19.1 Å². The number of hydrogen-bond donors (Lipinski definition) is 2. The molecule has 7 nitrogen and oxygen atoms in total. The van der Waals surface area contributed by atoms with Crippen molar-refractivity contribution in [1.82, 2.24) is 15.5 Å². The highest BCUT2D eigenvalue weighted by atomic mass is 32.2. The second-order valence-corrected chi connectivity index (χ2v) is 14.1. The molecule has 0 aromatic heterocycles. The molecule has 3 atom stereocenters. The van der Waals surface area contributed by atoms with Crippen molar-refractivity contribution in [3.8, 4) is 0 Å². The Kier molecular flexibility index (Phi) is 14.0. The second kappa shape index (κ2) is 16.4. The zero-order valence-corrected chi connectivity index (χ0v) is 27.8. The maximum atomic E-state index is 14.6. The van der Waals surface area contributed by atoms with Gasteiger partial charge in [-0.3, -0.25) is 9.59 Å². The van der Waals surface area contributed by atoms with Gasteiger partial charge < -0.3 is 20.3 Å². The maximum absolute atomic E-state index is 14.6. The Morgan fingerprint density at radius 2 is 1.68 bits per heavy atom. The smallest absolute Gasteiger partial charge is 0.408 e. The van der Waals surface area contributed by atoms with E-state index in [4.69, 9.17) is 4.74 Å². The summed E-state index contributed by atoms with van der Waals surface area (Å²) in [6.45, 7) is 15.8. The summed E-state index contributed by atoms with van der Waals surface area (Å²) in [6, 6.07) is 4.25. The summed E-state index contributed by atoms with van der Waals surface area (Å²) in [5.41, 5.74) is 2.23. The summed E-state index contributed by atoms with van der Waals surface area (Å²) in [5, 5.41) is 6.19. The van der Waals surface area contributed by atoms with Gasteiger partial charge in [0.1, 0.15) is 17.7 Å². The largest absolute Gasteiger partial charge is 0.444 e. The van der Waals surface area contributed by atoms with Crippen molar-refractivity contribution in [2.75, 3.05) is 12.0 Å². The summed E-state index contributed by atoms with van der Waals surface area (Å²) < 4.78 is 5.54. The van der Waals surface area contributed by atoms with Gasteiger partial charge in [0.15, 0.2) is 0 Å². The number of hydrogen-bond acceptors (Lipinski definition) is 5. The SMILES string of the molecule is CSCCC(NC(=O)OC(C)(C)C)C(=O)N(C(C)CCC(C)C)C(C(=O)NC1CCCCC1)c1cccc(C)c1C. The average molecular weight is 590 g/mol. The van der Waals surface area contributed by atoms with Gasteiger partial charge >= 0.3 is 6.09 Å². The number of alkyl carbamates (subject to hydrolysis) is 1. The first-order valence-electron chi connectivity index (χ1n) is 15.4. The lowest BCUT2D eigenvalue weighted by Crippen LogP contribution is -2.56. The van der Waals surface area contributed by atoms with Gasteiger partial charge in [-0.05, 0) is 108 Å². The Morgan fingerprint density at radius 3 is 2.27 bits per heavy atom. The van der Waals surface area contributed by atoms with Crippen LogP contribution in [0.5, 0.6) is 0 Å². The molecule has 0 bridgehead atoms. The topological polar surface area (TPSA) is 87.7 Å². The molecule has 0 spiro atoms. The molecule has 41 heavy (non-hydrogen) atoms. The fourth-order valence-corrected chi connectivity index (χ4v) is 5.92. The van der Waals surface area contributed by atoms with Gasteiger partial charge in [0.25, 0.3) is 0 Å². The highest BCUT2D eigenvalue weighted by Gasteiger charge is 2.40. The summed E-state index contributed by atoms with van der Waals surface area (Å²) in [4.78, 5) is 43.6. The third-order valence-electron chi connectivity index (χ3n) is 7.91. The van der Waals surface area contributed by atoms with Crippen molar-refractivity contribution in [2.24, 2.45) is 5.92 Å². The summed E-state index contributed by atoms with van der Waals surface area (Å²) in [5.74, 6) is 0.752. The Balaban J connectivity index is 2.60. The molecule has 0 radical (unpaired) electrons. The van der Waals surface area contributed by atoms with Crippen molar-refractivity contribution >= 4 is 29.7 Å². The molecular formula is C33H55N3O4S. The van der Waals surface area contributed by atoms with Crippen molar-refractivity contribution in [3.05, 3.63) is 34.9 Å². The third kappa shape index (κ3) is 11.2. The first kappa shape index (κ1) is 35.0. The Hall–Kier alpha value is -2.22. The zero-order chi connectivity index (χ0) is 30.7. The van der Waals surface area contributed by atoms with Crippen LogP contribution in [0.3, 0.4) is 0 Å². The summed E-state index contributed by atoms with van der Waals surface area (Å²) in [6.07, 6.45) is 8.78. The monoisotopic (exact) mass is 589 g/mol. The first-order valence-corrected chi connectivity index (χ1v) is 16.8. The molecular weight excluding hydrogens is 534 g/mol. The Morgan fingerprint density at radius 1 is 1.02 bits per heavy atom. The number of thioether (sulfide) groups is 1. The van der Waals surface area contributed by atoms with Crippen molar-refractivity contribution in [2.45, 2.75) is 137 Å².